The van der Waals surface area contributed by atoms with Gasteiger partial charge in [-0.05, 0) is 67.9 Å². The fraction of sp³-hybridized carbons (Fsp3) is 0.381. The van der Waals surface area contributed by atoms with E-state index >= 15 is 0 Å². The molecule has 2 aromatic rings. The molecule has 5 nitrogen and oxygen atoms in total. The molecule has 2 aliphatic carbocycles. The zero-order chi connectivity index (χ0) is 19.0. The third-order valence-electron chi connectivity index (χ3n) is 5.34. The lowest BCUT2D eigenvalue weighted by Gasteiger charge is -2.26. The zero-order valence-corrected chi connectivity index (χ0v) is 16.2. The normalized spacial score (nSPS) is 19.4. The number of carbonyl (C=O) groups excluding carboxylic acids is 1. The Bertz CT molecular complexity index is 981. The summed E-state index contributed by atoms with van der Waals surface area (Å²) in [6, 6.07) is 12.9. The standard InChI is InChI=1S/C21H24N2O3S/c1-14-9-12-17(27(25,26)23-16-10-11-16)13-19(14)21(24)22-20-8-4-6-15-5-2-3-7-18(15)20/h2-3,5,7,9,12-13,16,20,23H,4,6,8,10-11H2,1H3,(H,22,24). The molecule has 0 spiro atoms. The van der Waals surface area contributed by atoms with Gasteiger partial charge in [-0.1, -0.05) is 30.3 Å². The van der Waals surface area contributed by atoms with Gasteiger partial charge < -0.3 is 5.32 Å². The summed E-state index contributed by atoms with van der Waals surface area (Å²) >= 11 is 0. The quantitative estimate of drug-likeness (QED) is 0.831. The average Bonchev–Trinajstić information content (AvgIpc) is 3.45. The van der Waals surface area contributed by atoms with Crippen LogP contribution in [0.1, 0.15) is 58.8 Å². The third-order valence-corrected chi connectivity index (χ3v) is 6.86. The molecule has 0 heterocycles. The molecule has 0 aromatic heterocycles. The molecule has 0 radical (unpaired) electrons. The van der Waals surface area contributed by atoms with E-state index in [1.807, 2.05) is 19.1 Å². The zero-order valence-electron chi connectivity index (χ0n) is 15.4. The third kappa shape index (κ3) is 3.92. The van der Waals surface area contributed by atoms with E-state index in [9.17, 15) is 13.2 Å². The monoisotopic (exact) mass is 384 g/mol. The summed E-state index contributed by atoms with van der Waals surface area (Å²) in [5.74, 6) is -0.224. The van der Waals surface area contributed by atoms with Crippen molar-refractivity contribution in [1.82, 2.24) is 10.0 Å². The molecule has 1 amide bonds. The van der Waals surface area contributed by atoms with Gasteiger partial charge in [0.25, 0.3) is 5.91 Å². The van der Waals surface area contributed by atoms with E-state index < -0.39 is 10.0 Å². The van der Waals surface area contributed by atoms with Crippen LogP contribution in [0.15, 0.2) is 47.4 Å². The predicted molar refractivity (Wildman–Crippen MR) is 104 cm³/mol. The first kappa shape index (κ1) is 18.2. The van der Waals surface area contributed by atoms with Crippen LogP contribution < -0.4 is 10.0 Å². The van der Waals surface area contributed by atoms with E-state index in [1.54, 1.807) is 12.1 Å². The van der Waals surface area contributed by atoms with Crippen LogP contribution >= 0.6 is 0 Å². The van der Waals surface area contributed by atoms with Gasteiger partial charge in [0.1, 0.15) is 0 Å². The van der Waals surface area contributed by atoms with Gasteiger partial charge in [-0.15, -0.1) is 0 Å². The summed E-state index contributed by atoms with van der Waals surface area (Å²) in [5.41, 5.74) is 3.61. The Hall–Kier alpha value is -2.18. The number of aryl methyl sites for hydroxylation is 2. The van der Waals surface area contributed by atoms with Crippen molar-refractivity contribution in [2.45, 2.75) is 56.0 Å². The van der Waals surface area contributed by atoms with Crippen LogP contribution in [0.25, 0.3) is 0 Å². The SMILES string of the molecule is Cc1ccc(S(=O)(=O)NC2CC2)cc1C(=O)NC1CCCc2ccccc21. The molecular weight excluding hydrogens is 360 g/mol. The molecule has 2 aromatic carbocycles. The van der Waals surface area contributed by atoms with Gasteiger partial charge in [0, 0.05) is 11.6 Å². The maximum atomic E-state index is 12.9. The van der Waals surface area contributed by atoms with Crippen LogP contribution in [0, 0.1) is 6.92 Å². The second-order valence-electron chi connectivity index (χ2n) is 7.49. The summed E-state index contributed by atoms with van der Waals surface area (Å²) in [7, 11) is -3.58. The number of sulfonamides is 1. The molecule has 4 rings (SSSR count). The first-order valence-corrected chi connectivity index (χ1v) is 10.9. The number of benzene rings is 2. The van der Waals surface area contributed by atoms with Crippen molar-refractivity contribution in [1.29, 1.82) is 0 Å². The van der Waals surface area contributed by atoms with Gasteiger partial charge in [-0.2, -0.15) is 0 Å². The highest BCUT2D eigenvalue weighted by Gasteiger charge is 2.29. The van der Waals surface area contributed by atoms with Crippen molar-refractivity contribution in [3.63, 3.8) is 0 Å². The number of rotatable bonds is 5. The summed E-state index contributed by atoms with van der Waals surface area (Å²) < 4.78 is 27.6. The molecule has 0 saturated heterocycles. The minimum absolute atomic E-state index is 0.0346. The minimum atomic E-state index is -3.58. The molecule has 6 heteroatoms. The van der Waals surface area contributed by atoms with Crippen LogP contribution in [0.3, 0.4) is 0 Å². The van der Waals surface area contributed by atoms with E-state index in [4.69, 9.17) is 0 Å². The number of hydrogen-bond acceptors (Lipinski definition) is 3. The topological polar surface area (TPSA) is 75.3 Å². The highest BCUT2D eigenvalue weighted by atomic mass is 32.2. The molecule has 1 atom stereocenters. The van der Waals surface area contributed by atoms with Crippen molar-refractivity contribution in [2.24, 2.45) is 0 Å². The Morgan fingerprint density at radius 2 is 1.85 bits per heavy atom. The largest absolute Gasteiger partial charge is 0.345 e. The Morgan fingerprint density at radius 3 is 2.63 bits per heavy atom. The lowest BCUT2D eigenvalue weighted by molar-refractivity contribution is 0.0932. The predicted octanol–water partition coefficient (Wildman–Crippen LogP) is 3.24. The van der Waals surface area contributed by atoms with Gasteiger partial charge >= 0.3 is 0 Å². The number of carbonyl (C=O) groups is 1. The fourth-order valence-electron chi connectivity index (χ4n) is 3.64. The van der Waals surface area contributed by atoms with Crippen LogP contribution in [-0.4, -0.2) is 20.4 Å². The molecule has 0 aliphatic heterocycles. The molecule has 1 fully saturated rings. The molecule has 142 valence electrons. The summed E-state index contributed by atoms with van der Waals surface area (Å²) in [5, 5.41) is 3.11. The number of amides is 1. The molecular formula is C21H24N2O3S. The van der Waals surface area contributed by atoms with Crippen molar-refractivity contribution < 1.29 is 13.2 Å². The maximum absolute atomic E-state index is 12.9. The van der Waals surface area contributed by atoms with E-state index in [0.717, 1.165) is 43.2 Å². The molecule has 27 heavy (non-hydrogen) atoms. The number of hydrogen-bond donors (Lipinski definition) is 2. The first-order valence-electron chi connectivity index (χ1n) is 9.46. The minimum Gasteiger partial charge on any atom is -0.345 e. The Morgan fingerprint density at radius 1 is 1.07 bits per heavy atom. The van der Waals surface area contributed by atoms with Crippen LogP contribution in [0.4, 0.5) is 0 Å². The summed E-state index contributed by atoms with van der Waals surface area (Å²) in [6.45, 7) is 1.83. The summed E-state index contributed by atoms with van der Waals surface area (Å²) in [4.78, 5) is 13.1. The van der Waals surface area contributed by atoms with Crippen molar-refractivity contribution in [2.75, 3.05) is 0 Å². The molecule has 1 unspecified atom stereocenters. The molecule has 2 aliphatic rings. The second-order valence-corrected chi connectivity index (χ2v) is 9.20. The van der Waals surface area contributed by atoms with Crippen molar-refractivity contribution in [3.8, 4) is 0 Å². The lowest BCUT2D eigenvalue weighted by atomic mass is 9.87. The molecule has 2 N–H and O–H groups in total. The van der Waals surface area contributed by atoms with E-state index in [1.165, 1.54) is 11.6 Å². The van der Waals surface area contributed by atoms with E-state index in [2.05, 4.69) is 22.2 Å². The maximum Gasteiger partial charge on any atom is 0.252 e. The van der Waals surface area contributed by atoms with Crippen LogP contribution in [0.2, 0.25) is 0 Å². The second kappa shape index (κ2) is 7.09. The van der Waals surface area contributed by atoms with E-state index in [0.29, 0.717) is 5.56 Å². The van der Waals surface area contributed by atoms with E-state index in [-0.39, 0.29) is 22.9 Å². The summed E-state index contributed by atoms with van der Waals surface area (Å²) in [6.07, 6.45) is 4.70. The van der Waals surface area contributed by atoms with Crippen molar-refractivity contribution >= 4 is 15.9 Å². The molecule has 0 bridgehead atoms. The first-order chi connectivity index (χ1) is 12.9. The smallest absolute Gasteiger partial charge is 0.252 e. The van der Waals surface area contributed by atoms with Gasteiger partial charge in [-0.25, -0.2) is 13.1 Å². The van der Waals surface area contributed by atoms with Crippen molar-refractivity contribution in [3.05, 3.63) is 64.7 Å². The lowest BCUT2D eigenvalue weighted by Crippen LogP contribution is -2.32. The van der Waals surface area contributed by atoms with Gasteiger partial charge in [0.05, 0.1) is 10.9 Å². The molecule has 1 saturated carbocycles. The average molecular weight is 385 g/mol. The number of nitrogens with one attached hydrogen (secondary N) is 2. The van der Waals surface area contributed by atoms with Gasteiger partial charge in [0.2, 0.25) is 10.0 Å². The fourth-order valence-corrected chi connectivity index (χ4v) is 4.97. The van der Waals surface area contributed by atoms with Gasteiger partial charge in [-0.3, -0.25) is 4.79 Å². The Kier molecular flexibility index (Phi) is 4.78. The van der Waals surface area contributed by atoms with Crippen LogP contribution in [0.5, 0.6) is 0 Å². The highest BCUT2D eigenvalue weighted by molar-refractivity contribution is 7.89. The Balaban J connectivity index is 1.58. The number of fused-ring (bicyclic) bond motifs is 1. The Labute approximate surface area is 160 Å². The van der Waals surface area contributed by atoms with Crippen LogP contribution in [-0.2, 0) is 16.4 Å². The highest BCUT2D eigenvalue weighted by Crippen LogP contribution is 2.30. The van der Waals surface area contributed by atoms with Gasteiger partial charge in [0.15, 0.2) is 0 Å².